The van der Waals surface area contributed by atoms with Crippen LogP contribution in [-0.4, -0.2) is 23.8 Å². The van der Waals surface area contributed by atoms with E-state index in [1.54, 1.807) is 36.4 Å². The van der Waals surface area contributed by atoms with Gasteiger partial charge in [0.05, 0.1) is 4.92 Å². The number of hydrogen-bond acceptors (Lipinski definition) is 4. The first-order valence-electron chi connectivity index (χ1n) is 7.90. The minimum absolute atomic E-state index is 0.000128. The van der Waals surface area contributed by atoms with E-state index in [-0.39, 0.29) is 11.5 Å². The summed E-state index contributed by atoms with van der Waals surface area (Å²) in [6.07, 6.45) is 3.23. The molecule has 0 atom stereocenters. The largest absolute Gasteiger partial charge is 0.366 e. The lowest BCUT2D eigenvalue weighted by Crippen LogP contribution is -2.30. The molecule has 6 heteroatoms. The van der Waals surface area contributed by atoms with Crippen LogP contribution >= 0.6 is 15.9 Å². The minimum Gasteiger partial charge on any atom is -0.366 e. The van der Waals surface area contributed by atoms with Crippen LogP contribution in [0.15, 0.2) is 46.9 Å². The first kappa shape index (κ1) is 16.6. The van der Waals surface area contributed by atoms with Crippen molar-refractivity contribution in [2.45, 2.75) is 19.3 Å². The number of hydrogen-bond donors (Lipinski definition) is 0. The van der Waals surface area contributed by atoms with E-state index < -0.39 is 4.92 Å². The lowest BCUT2D eigenvalue weighted by Gasteiger charge is -2.28. The SMILES string of the molecule is O=C(c1ccc(Br)cc1)c1ccc(N2CCCCC2)c([N+](=O)[O-])c1. The molecule has 2 aromatic rings. The van der Waals surface area contributed by atoms with Gasteiger partial charge in [-0.1, -0.05) is 15.9 Å². The number of halogens is 1. The van der Waals surface area contributed by atoms with Gasteiger partial charge in [0.25, 0.3) is 5.69 Å². The molecule has 0 unspecified atom stereocenters. The number of nitro benzene ring substituents is 1. The van der Waals surface area contributed by atoms with Crippen molar-refractivity contribution >= 4 is 33.1 Å². The van der Waals surface area contributed by atoms with Gasteiger partial charge >= 0.3 is 0 Å². The highest BCUT2D eigenvalue weighted by Crippen LogP contribution is 2.32. The van der Waals surface area contributed by atoms with Gasteiger partial charge in [0.2, 0.25) is 0 Å². The molecule has 124 valence electrons. The summed E-state index contributed by atoms with van der Waals surface area (Å²) < 4.78 is 0.880. The summed E-state index contributed by atoms with van der Waals surface area (Å²) in [7, 11) is 0. The van der Waals surface area contributed by atoms with Gasteiger partial charge in [0, 0.05) is 34.8 Å². The number of nitrogens with zero attached hydrogens (tertiary/aromatic N) is 2. The molecule has 0 bridgehead atoms. The van der Waals surface area contributed by atoms with E-state index in [0.29, 0.717) is 16.8 Å². The number of piperidine rings is 1. The smallest absolute Gasteiger partial charge is 0.293 e. The fourth-order valence-corrected chi connectivity index (χ4v) is 3.25. The summed E-state index contributed by atoms with van der Waals surface area (Å²) in [5.41, 5.74) is 1.45. The van der Waals surface area contributed by atoms with Crippen LogP contribution < -0.4 is 4.90 Å². The van der Waals surface area contributed by atoms with E-state index in [0.717, 1.165) is 36.8 Å². The third-order valence-corrected chi connectivity index (χ3v) is 4.77. The van der Waals surface area contributed by atoms with Gasteiger partial charge in [-0.15, -0.1) is 0 Å². The predicted octanol–water partition coefficient (Wildman–Crippen LogP) is 4.58. The van der Waals surface area contributed by atoms with Crippen molar-refractivity contribution in [1.29, 1.82) is 0 Å². The zero-order valence-electron chi connectivity index (χ0n) is 13.1. The molecule has 0 N–H and O–H groups in total. The van der Waals surface area contributed by atoms with Gasteiger partial charge in [-0.3, -0.25) is 14.9 Å². The summed E-state index contributed by atoms with van der Waals surface area (Å²) in [5, 5.41) is 11.5. The molecule has 0 aromatic heterocycles. The van der Waals surface area contributed by atoms with Crippen LogP contribution in [0, 0.1) is 10.1 Å². The van der Waals surface area contributed by atoms with Gasteiger partial charge in [-0.05, 0) is 55.7 Å². The molecule has 5 nitrogen and oxygen atoms in total. The molecule has 0 radical (unpaired) electrons. The number of ketones is 1. The predicted molar refractivity (Wildman–Crippen MR) is 96.7 cm³/mol. The van der Waals surface area contributed by atoms with E-state index in [1.165, 1.54) is 6.07 Å². The molecule has 1 saturated heterocycles. The summed E-state index contributed by atoms with van der Waals surface area (Å²) >= 11 is 3.33. The van der Waals surface area contributed by atoms with Gasteiger partial charge in [-0.2, -0.15) is 0 Å². The Morgan fingerprint density at radius 2 is 1.62 bits per heavy atom. The van der Waals surface area contributed by atoms with Crippen LogP contribution in [0.3, 0.4) is 0 Å². The Morgan fingerprint density at radius 1 is 1.00 bits per heavy atom. The molecular formula is C18H17BrN2O3. The van der Waals surface area contributed by atoms with E-state index in [2.05, 4.69) is 15.9 Å². The van der Waals surface area contributed by atoms with Crippen molar-refractivity contribution in [3.05, 3.63) is 68.2 Å². The van der Waals surface area contributed by atoms with Crippen molar-refractivity contribution in [2.75, 3.05) is 18.0 Å². The maximum atomic E-state index is 12.6. The number of benzene rings is 2. The van der Waals surface area contributed by atoms with Crippen molar-refractivity contribution in [3.63, 3.8) is 0 Å². The van der Waals surface area contributed by atoms with Crippen LogP contribution in [0.4, 0.5) is 11.4 Å². The number of nitro groups is 1. The third-order valence-electron chi connectivity index (χ3n) is 4.24. The average Bonchev–Trinajstić information content (AvgIpc) is 2.62. The number of rotatable bonds is 4. The molecule has 1 aliphatic heterocycles. The topological polar surface area (TPSA) is 63.5 Å². The lowest BCUT2D eigenvalue weighted by atomic mass is 10.0. The Labute approximate surface area is 148 Å². The minimum atomic E-state index is -0.400. The van der Waals surface area contributed by atoms with Gasteiger partial charge in [0.15, 0.2) is 5.78 Å². The lowest BCUT2D eigenvalue weighted by molar-refractivity contribution is -0.384. The second-order valence-electron chi connectivity index (χ2n) is 5.84. The standard InChI is InChI=1S/C18H17BrN2O3/c19-15-7-4-13(5-8-15)18(22)14-6-9-16(17(12-14)21(23)24)20-10-2-1-3-11-20/h4-9,12H,1-3,10-11H2. The Kier molecular flexibility index (Phi) is 4.94. The molecule has 0 amide bonds. The summed E-state index contributed by atoms with van der Waals surface area (Å²) in [4.78, 5) is 25.7. The first-order valence-corrected chi connectivity index (χ1v) is 8.69. The molecular weight excluding hydrogens is 372 g/mol. The quantitative estimate of drug-likeness (QED) is 0.436. The van der Waals surface area contributed by atoms with Crippen molar-refractivity contribution < 1.29 is 9.72 Å². The summed E-state index contributed by atoms with van der Waals surface area (Å²) in [6, 6.07) is 11.8. The van der Waals surface area contributed by atoms with Crippen molar-refractivity contribution in [2.24, 2.45) is 0 Å². The zero-order valence-corrected chi connectivity index (χ0v) is 14.7. The van der Waals surface area contributed by atoms with Gasteiger partial charge in [-0.25, -0.2) is 0 Å². The maximum absolute atomic E-state index is 12.6. The third kappa shape index (κ3) is 3.48. The monoisotopic (exact) mass is 388 g/mol. The molecule has 0 saturated carbocycles. The molecule has 1 aliphatic rings. The molecule has 24 heavy (non-hydrogen) atoms. The fourth-order valence-electron chi connectivity index (χ4n) is 2.98. The molecule has 0 spiro atoms. The molecule has 2 aromatic carbocycles. The Balaban J connectivity index is 1.95. The molecule has 0 aliphatic carbocycles. The second kappa shape index (κ2) is 7.13. The molecule has 1 fully saturated rings. The van der Waals surface area contributed by atoms with Crippen molar-refractivity contribution in [3.8, 4) is 0 Å². The second-order valence-corrected chi connectivity index (χ2v) is 6.76. The van der Waals surface area contributed by atoms with E-state index in [1.807, 2.05) is 4.90 Å². The summed E-state index contributed by atoms with van der Waals surface area (Å²) in [5.74, 6) is -0.212. The van der Waals surface area contributed by atoms with Crippen molar-refractivity contribution in [1.82, 2.24) is 0 Å². The van der Waals surface area contributed by atoms with Crippen LogP contribution in [0.5, 0.6) is 0 Å². The van der Waals surface area contributed by atoms with E-state index >= 15 is 0 Å². The highest BCUT2D eigenvalue weighted by Gasteiger charge is 2.23. The Hall–Kier alpha value is -2.21. The highest BCUT2D eigenvalue weighted by molar-refractivity contribution is 9.10. The van der Waals surface area contributed by atoms with Crippen LogP contribution in [0.1, 0.15) is 35.2 Å². The summed E-state index contributed by atoms with van der Waals surface area (Å²) in [6.45, 7) is 1.64. The first-order chi connectivity index (χ1) is 11.6. The fraction of sp³-hybridized carbons (Fsp3) is 0.278. The maximum Gasteiger partial charge on any atom is 0.293 e. The number of carbonyl (C=O) groups excluding carboxylic acids is 1. The van der Waals surface area contributed by atoms with E-state index in [9.17, 15) is 14.9 Å². The number of anilines is 1. The van der Waals surface area contributed by atoms with Crippen LogP contribution in [0.2, 0.25) is 0 Å². The number of carbonyl (C=O) groups is 1. The zero-order chi connectivity index (χ0) is 17.1. The van der Waals surface area contributed by atoms with Crippen LogP contribution in [0.25, 0.3) is 0 Å². The van der Waals surface area contributed by atoms with E-state index in [4.69, 9.17) is 0 Å². The highest BCUT2D eigenvalue weighted by atomic mass is 79.9. The Bertz CT molecular complexity index is 768. The van der Waals surface area contributed by atoms with Crippen LogP contribution in [-0.2, 0) is 0 Å². The Morgan fingerprint density at radius 3 is 2.25 bits per heavy atom. The molecule has 1 heterocycles. The average molecular weight is 389 g/mol. The van der Waals surface area contributed by atoms with Gasteiger partial charge < -0.3 is 4.90 Å². The van der Waals surface area contributed by atoms with Gasteiger partial charge in [0.1, 0.15) is 5.69 Å². The normalized spacial score (nSPS) is 14.5. The molecule has 3 rings (SSSR count).